The van der Waals surface area contributed by atoms with Crippen LogP contribution in [0, 0.1) is 11.6 Å². The first-order chi connectivity index (χ1) is 12.6. The number of carbonyl (C=O) groups excluding carboxylic acids is 1. The zero-order chi connectivity index (χ0) is 18.8. The Bertz CT molecular complexity index is 644. The third-order valence-electron chi connectivity index (χ3n) is 4.29. The van der Waals surface area contributed by atoms with Gasteiger partial charge in [-0.1, -0.05) is 49.7 Å². The molecular weight excluding hydrogens is 334 g/mol. The SMILES string of the molecule is CCCCC(=O)N1CCN(c2ccc(F)cc2F)CC1.c1ccccc1. The van der Waals surface area contributed by atoms with E-state index in [1.54, 1.807) is 0 Å². The molecule has 3 nitrogen and oxygen atoms in total. The number of unbranched alkanes of at least 4 members (excludes halogenated alkanes) is 1. The molecule has 1 saturated heterocycles. The quantitative estimate of drug-likeness (QED) is 0.802. The number of benzene rings is 2. The van der Waals surface area contributed by atoms with Crippen LogP contribution in [-0.4, -0.2) is 37.0 Å². The van der Waals surface area contributed by atoms with Gasteiger partial charge in [-0.2, -0.15) is 0 Å². The van der Waals surface area contributed by atoms with Gasteiger partial charge in [-0.05, 0) is 18.6 Å². The molecule has 140 valence electrons. The molecule has 26 heavy (non-hydrogen) atoms. The van der Waals surface area contributed by atoms with Crippen LogP contribution in [-0.2, 0) is 4.79 Å². The predicted molar refractivity (Wildman–Crippen MR) is 101 cm³/mol. The van der Waals surface area contributed by atoms with Crippen molar-refractivity contribution in [2.45, 2.75) is 26.2 Å². The summed E-state index contributed by atoms with van der Waals surface area (Å²) in [5.74, 6) is -0.943. The molecule has 1 heterocycles. The number of piperazine rings is 1. The molecule has 0 saturated carbocycles. The normalized spacial score (nSPS) is 13.8. The summed E-state index contributed by atoms with van der Waals surface area (Å²) >= 11 is 0. The molecule has 0 spiro atoms. The van der Waals surface area contributed by atoms with Gasteiger partial charge in [0, 0.05) is 38.7 Å². The number of halogens is 2. The fourth-order valence-electron chi connectivity index (χ4n) is 2.81. The number of rotatable bonds is 4. The molecule has 1 aliphatic heterocycles. The highest BCUT2D eigenvalue weighted by Gasteiger charge is 2.22. The number of anilines is 1. The Morgan fingerprint density at radius 1 is 0.962 bits per heavy atom. The van der Waals surface area contributed by atoms with Gasteiger partial charge >= 0.3 is 0 Å². The predicted octanol–water partition coefficient (Wildman–Crippen LogP) is 4.49. The lowest BCUT2D eigenvalue weighted by molar-refractivity contribution is -0.131. The average Bonchev–Trinajstić information content (AvgIpc) is 2.68. The van der Waals surface area contributed by atoms with Crippen LogP contribution in [0.15, 0.2) is 54.6 Å². The minimum atomic E-state index is -0.570. The second-order valence-corrected chi connectivity index (χ2v) is 6.22. The van der Waals surface area contributed by atoms with Crippen molar-refractivity contribution in [3.05, 3.63) is 66.2 Å². The Kier molecular flexibility index (Phi) is 8.06. The first-order valence-electron chi connectivity index (χ1n) is 9.09. The van der Waals surface area contributed by atoms with Crippen LogP contribution < -0.4 is 4.90 Å². The van der Waals surface area contributed by atoms with Crippen LogP contribution in [0.1, 0.15) is 26.2 Å². The van der Waals surface area contributed by atoms with Gasteiger partial charge in [0.05, 0.1) is 5.69 Å². The van der Waals surface area contributed by atoms with E-state index >= 15 is 0 Å². The summed E-state index contributed by atoms with van der Waals surface area (Å²) < 4.78 is 26.6. The maximum Gasteiger partial charge on any atom is 0.222 e. The van der Waals surface area contributed by atoms with Crippen LogP contribution in [0.4, 0.5) is 14.5 Å². The topological polar surface area (TPSA) is 23.6 Å². The molecule has 1 aliphatic rings. The molecule has 5 heteroatoms. The Morgan fingerprint density at radius 2 is 1.54 bits per heavy atom. The van der Waals surface area contributed by atoms with E-state index in [1.807, 2.05) is 46.2 Å². The molecule has 0 aromatic heterocycles. The molecule has 0 unspecified atom stereocenters. The summed E-state index contributed by atoms with van der Waals surface area (Å²) in [5, 5.41) is 0. The lowest BCUT2D eigenvalue weighted by atomic mass is 10.2. The minimum Gasteiger partial charge on any atom is -0.366 e. The van der Waals surface area contributed by atoms with Crippen LogP contribution in [0.2, 0.25) is 0 Å². The zero-order valence-corrected chi connectivity index (χ0v) is 15.2. The van der Waals surface area contributed by atoms with E-state index in [9.17, 15) is 13.6 Å². The van der Waals surface area contributed by atoms with Gasteiger partial charge in [0.25, 0.3) is 0 Å². The molecule has 2 aromatic rings. The van der Waals surface area contributed by atoms with Crippen LogP contribution in [0.25, 0.3) is 0 Å². The molecule has 0 atom stereocenters. The van der Waals surface area contributed by atoms with Crippen molar-refractivity contribution in [2.75, 3.05) is 31.1 Å². The van der Waals surface area contributed by atoms with Crippen molar-refractivity contribution in [3.8, 4) is 0 Å². The summed E-state index contributed by atoms with van der Waals surface area (Å²) in [6.07, 6.45) is 2.50. The summed E-state index contributed by atoms with van der Waals surface area (Å²) in [5.41, 5.74) is 0.409. The molecule has 0 bridgehead atoms. The smallest absolute Gasteiger partial charge is 0.222 e. The number of carbonyl (C=O) groups is 1. The van der Waals surface area contributed by atoms with Crippen molar-refractivity contribution in [1.82, 2.24) is 4.90 Å². The summed E-state index contributed by atoms with van der Waals surface area (Å²) in [7, 11) is 0. The van der Waals surface area contributed by atoms with Crippen molar-refractivity contribution in [3.63, 3.8) is 0 Å². The fraction of sp³-hybridized carbons (Fsp3) is 0.381. The summed E-state index contributed by atoms with van der Waals surface area (Å²) in [6.45, 7) is 4.42. The van der Waals surface area contributed by atoms with E-state index in [1.165, 1.54) is 12.1 Å². The van der Waals surface area contributed by atoms with Gasteiger partial charge in [-0.3, -0.25) is 4.79 Å². The van der Waals surface area contributed by atoms with Crippen molar-refractivity contribution in [2.24, 2.45) is 0 Å². The molecular formula is C21H26F2N2O. The maximum atomic E-state index is 13.7. The van der Waals surface area contributed by atoms with Gasteiger partial charge in [-0.25, -0.2) is 8.78 Å². The van der Waals surface area contributed by atoms with Crippen LogP contribution in [0.3, 0.4) is 0 Å². The molecule has 1 fully saturated rings. The Labute approximate surface area is 154 Å². The summed E-state index contributed by atoms with van der Waals surface area (Å²) in [6, 6.07) is 15.6. The molecule has 0 N–H and O–H groups in total. The second-order valence-electron chi connectivity index (χ2n) is 6.22. The van der Waals surface area contributed by atoms with E-state index in [4.69, 9.17) is 0 Å². The van der Waals surface area contributed by atoms with Gasteiger partial charge in [-0.15, -0.1) is 0 Å². The first kappa shape index (κ1) is 19.9. The third-order valence-corrected chi connectivity index (χ3v) is 4.29. The third kappa shape index (κ3) is 6.14. The standard InChI is InChI=1S/C15H20F2N2O.C6H6/c1-2-3-4-15(20)19-9-7-18(8-10-19)14-6-5-12(16)11-13(14)17;1-2-4-6-5-3-1/h5-6,11H,2-4,7-10H2,1H3;1-6H. The highest BCUT2D eigenvalue weighted by Crippen LogP contribution is 2.21. The van der Waals surface area contributed by atoms with Gasteiger partial charge in [0.1, 0.15) is 11.6 Å². The van der Waals surface area contributed by atoms with Crippen molar-refractivity contribution in [1.29, 1.82) is 0 Å². The second kappa shape index (κ2) is 10.5. The van der Waals surface area contributed by atoms with E-state index in [2.05, 4.69) is 6.92 Å². The lowest BCUT2D eigenvalue weighted by Gasteiger charge is -2.36. The van der Waals surface area contributed by atoms with E-state index < -0.39 is 11.6 Å². The van der Waals surface area contributed by atoms with E-state index in [0.29, 0.717) is 38.3 Å². The van der Waals surface area contributed by atoms with Crippen molar-refractivity contribution >= 4 is 11.6 Å². The van der Waals surface area contributed by atoms with Crippen LogP contribution >= 0.6 is 0 Å². The summed E-state index contributed by atoms with van der Waals surface area (Å²) in [4.78, 5) is 15.6. The van der Waals surface area contributed by atoms with Gasteiger partial charge in [0.15, 0.2) is 0 Å². The molecule has 0 radical (unpaired) electrons. The number of amides is 1. The zero-order valence-electron chi connectivity index (χ0n) is 15.2. The monoisotopic (exact) mass is 360 g/mol. The highest BCUT2D eigenvalue weighted by atomic mass is 19.1. The van der Waals surface area contributed by atoms with Crippen molar-refractivity contribution < 1.29 is 13.6 Å². The van der Waals surface area contributed by atoms with E-state index in [-0.39, 0.29) is 5.91 Å². The average molecular weight is 360 g/mol. The molecule has 2 aromatic carbocycles. The number of nitrogens with zero attached hydrogens (tertiary/aromatic N) is 2. The molecule has 3 rings (SSSR count). The Morgan fingerprint density at radius 3 is 2.04 bits per heavy atom. The van der Waals surface area contributed by atoms with Crippen LogP contribution in [0.5, 0.6) is 0 Å². The first-order valence-corrected chi connectivity index (χ1v) is 9.09. The highest BCUT2D eigenvalue weighted by molar-refractivity contribution is 5.76. The van der Waals surface area contributed by atoms with Gasteiger partial charge in [0.2, 0.25) is 5.91 Å². The molecule has 1 amide bonds. The van der Waals surface area contributed by atoms with Gasteiger partial charge < -0.3 is 9.80 Å². The lowest BCUT2D eigenvalue weighted by Crippen LogP contribution is -2.49. The molecule has 0 aliphatic carbocycles. The number of hydrogen-bond donors (Lipinski definition) is 0. The fourth-order valence-corrected chi connectivity index (χ4v) is 2.81. The minimum absolute atomic E-state index is 0.172. The number of hydrogen-bond acceptors (Lipinski definition) is 2. The largest absolute Gasteiger partial charge is 0.366 e. The van der Waals surface area contributed by atoms with E-state index in [0.717, 1.165) is 18.9 Å². The maximum absolute atomic E-state index is 13.7. The Balaban J connectivity index is 0.000000342. The Hall–Kier alpha value is -2.43.